The zero-order valence-electron chi connectivity index (χ0n) is 16.7. The van der Waals surface area contributed by atoms with E-state index in [-0.39, 0.29) is 17.6 Å². The number of para-hydroxylation sites is 1. The summed E-state index contributed by atoms with van der Waals surface area (Å²) >= 11 is 0. The number of amides is 2. The van der Waals surface area contributed by atoms with Crippen LogP contribution in [0.1, 0.15) is 39.8 Å². The second-order valence-corrected chi connectivity index (χ2v) is 7.67. The number of hydrogen-bond donors (Lipinski definition) is 1. The van der Waals surface area contributed by atoms with Gasteiger partial charge in [-0.1, -0.05) is 30.3 Å². The van der Waals surface area contributed by atoms with Gasteiger partial charge in [0.25, 0.3) is 5.91 Å². The third-order valence-corrected chi connectivity index (χ3v) is 6.20. The summed E-state index contributed by atoms with van der Waals surface area (Å²) in [5.41, 5.74) is 2.19. The fourth-order valence-electron chi connectivity index (χ4n) is 4.82. The number of benzene rings is 2. The second kappa shape index (κ2) is 6.73. The van der Waals surface area contributed by atoms with E-state index < -0.39 is 11.5 Å². The maximum absolute atomic E-state index is 13.5. The zero-order valence-corrected chi connectivity index (χ0v) is 16.7. The van der Waals surface area contributed by atoms with E-state index in [1.807, 2.05) is 48.5 Å². The van der Waals surface area contributed by atoms with Crippen LogP contribution in [-0.4, -0.2) is 35.4 Å². The number of rotatable bonds is 3. The first-order valence-corrected chi connectivity index (χ1v) is 9.82. The molecule has 2 aromatic carbocycles. The molecule has 152 valence electrons. The van der Waals surface area contributed by atoms with Gasteiger partial charge in [0.1, 0.15) is 11.2 Å². The first kappa shape index (κ1) is 18.4. The van der Waals surface area contributed by atoms with Gasteiger partial charge in [0, 0.05) is 12.2 Å². The van der Waals surface area contributed by atoms with Crippen molar-refractivity contribution in [1.29, 1.82) is 0 Å². The first-order valence-electron chi connectivity index (χ1n) is 9.82. The molecule has 1 aromatic heterocycles. The molecule has 3 aromatic rings. The number of nitrogens with zero attached hydrogens (tertiary/aromatic N) is 2. The lowest BCUT2D eigenvalue weighted by Gasteiger charge is -2.34. The molecule has 3 heterocycles. The Bertz CT molecular complexity index is 1150. The van der Waals surface area contributed by atoms with E-state index in [2.05, 4.69) is 10.3 Å². The van der Waals surface area contributed by atoms with Crippen molar-refractivity contribution >= 4 is 17.5 Å². The van der Waals surface area contributed by atoms with Gasteiger partial charge < -0.3 is 19.4 Å². The van der Waals surface area contributed by atoms with Crippen molar-refractivity contribution in [2.45, 2.75) is 24.8 Å². The van der Waals surface area contributed by atoms with Crippen LogP contribution >= 0.6 is 0 Å². The highest BCUT2D eigenvalue weighted by molar-refractivity contribution is 6.08. The van der Waals surface area contributed by atoms with Crippen LogP contribution in [0.25, 0.3) is 0 Å². The normalized spacial score (nSPS) is 22.3. The molecule has 7 nitrogen and oxygen atoms in total. The van der Waals surface area contributed by atoms with E-state index in [1.165, 1.54) is 6.39 Å². The van der Waals surface area contributed by atoms with Crippen molar-refractivity contribution in [3.8, 4) is 5.75 Å². The summed E-state index contributed by atoms with van der Waals surface area (Å²) in [6.45, 7) is 2.16. The number of oxazole rings is 1. The van der Waals surface area contributed by atoms with E-state index in [4.69, 9.17) is 9.15 Å². The fraction of sp³-hybridized carbons (Fsp3) is 0.261. The van der Waals surface area contributed by atoms with Crippen LogP contribution in [0.4, 0.5) is 5.69 Å². The molecule has 2 amide bonds. The summed E-state index contributed by atoms with van der Waals surface area (Å²) in [5, 5.41) is 3.02. The monoisotopic (exact) mass is 403 g/mol. The molecule has 5 rings (SSSR count). The summed E-state index contributed by atoms with van der Waals surface area (Å²) in [4.78, 5) is 32.6. The number of aryl methyl sites for hydroxylation is 1. The van der Waals surface area contributed by atoms with E-state index in [1.54, 1.807) is 18.9 Å². The van der Waals surface area contributed by atoms with Gasteiger partial charge in [0.05, 0.1) is 18.8 Å². The standard InChI is InChI=1S/C23H21N3O4/c1-14-19(30-13-24-14)21(27)26-11-10-23(17-8-3-4-9-18(17)25-22(23)28)20(26)15-6-5-7-16(12-15)29-2/h3-9,12-13,20H,10-11H2,1-2H3,(H,25,28)/t20-,23+/m0/s1. The SMILES string of the molecule is COc1cccc([C@@H]2N(C(=O)c3ocnc3C)CC[C@]23C(=O)Nc2ccccc23)c1. The highest BCUT2D eigenvalue weighted by atomic mass is 16.5. The van der Waals surface area contributed by atoms with Crippen LogP contribution in [0.2, 0.25) is 0 Å². The van der Waals surface area contributed by atoms with Gasteiger partial charge in [-0.25, -0.2) is 4.98 Å². The summed E-state index contributed by atoms with van der Waals surface area (Å²) in [5.74, 6) is 0.504. The largest absolute Gasteiger partial charge is 0.497 e. The Balaban J connectivity index is 1.70. The Hall–Kier alpha value is -3.61. The Morgan fingerprint density at radius 2 is 2.10 bits per heavy atom. The molecule has 30 heavy (non-hydrogen) atoms. The predicted molar refractivity (Wildman–Crippen MR) is 109 cm³/mol. The molecule has 2 aliphatic heterocycles. The lowest BCUT2D eigenvalue weighted by atomic mass is 9.72. The number of likely N-dealkylation sites (tertiary alicyclic amines) is 1. The van der Waals surface area contributed by atoms with Gasteiger partial charge in [0.2, 0.25) is 11.7 Å². The molecule has 0 aliphatic carbocycles. The van der Waals surface area contributed by atoms with Crippen molar-refractivity contribution in [2.75, 3.05) is 19.0 Å². The van der Waals surface area contributed by atoms with Crippen molar-refractivity contribution in [1.82, 2.24) is 9.88 Å². The van der Waals surface area contributed by atoms with Crippen LogP contribution in [0.15, 0.2) is 59.3 Å². The van der Waals surface area contributed by atoms with Gasteiger partial charge in [-0.15, -0.1) is 0 Å². The van der Waals surface area contributed by atoms with Crippen LogP contribution in [0.3, 0.4) is 0 Å². The lowest BCUT2D eigenvalue weighted by molar-refractivity contribution is -0.121. The highest BCUT2D eigenvalue weighted by Gasteiger charge is 2.59. The highest BCUT2D eigenvalue weighted by Crippen LogP contribution is 2.55. The molecule has 7 heteroatoms. The minimum absolute atomic E-state index is 0.0962. The number of anilines is 1. The van der Waals surface area contributed by atoms with E-state index in [0.717, 1.165) is 16.8 Å². The van der Waals surface area contributed by atoms with Crippen LogP contribution in [0, 0.1) is 6.92 Å². The molecular weight excluding hydrogens is 382 g/mol. The molecule has 0 bridgehead atoms. The third-order valence-electron chi connectivity index (χ3n) is 6.20. The molecule has 2 atom stereocenters. The second-order valence-electron chi connectivity index (χ2n) is 7.67. The number of carbonyl (C=O) groups is 2. The number of nitrogens with one attached hydrogen (secondary N) is 1. The minimum atomic E-state index is -0.882. The van der Waals surface area contributed by atoms with Gasteiger partial charge in [-0.3, -0.25) is 9.59 Å². The molecule has 2 aliphatic rings. The van der Waals surface area contributed by atoms with E-state index in [9.17, 15) is 9.59 Å². The Morgan fingerprint density at radius 3 is 2.87 bits per heavy atom. The number of ether oxygens (including phenoxy) is 1. The molecular formula is C23H21N3O4. The molecule has 1 spiro atoms. The van der Waals surface area contributed by atoms with E-state index in [0.29, 0.717) is 24.4 Å². The Morgan fingerprint density at radius 1 is 1.27 bits per heavy atom. The van der Waals surface area contributed by atoms with Gasteiger partial charge >= 0.3 is 0 Å². The smallest absolute Gasteiger partial charge is 0.292 e. The molecule has 0 saturated carbocycles. The minimum Gasteiger partial charge on any atom is -0.497 e. The van der Waals surface area contributed by atoms with E-state index >= 15 is 0 Å². The quantitative estimate of drug-likeness (QED) is 0.724. The van der Waals surface area contributed by atoms with Gasteiger partial charge in [0.15, 0.2) is 6.39 Å². The van der Waals surface area contributed by atoms with Crippen LogP contribution in [0.5, 0.6) is 5.75 Å². The Labute approximate surface area is 173 Å². The van der Waals surface area contributed by atoms with Crippen molar-refractivity contribution in [3.05, 3.63) is 77.5 Å². The number of aromatic nitrogens is 1. The van der Waals surface area contributed by atoms with Crippen molar-refractivity contribution in [2.24, 2.45) is 0 Å². The van der Waals surface area contributed by atoms with Gasteiger partial charge in [-0.2, -0.15) is 0 Å². The molecule has 0 radical (unpaired) electrons. The molecule has 1 N–H and O–H groups in total. The third kappa shape index (κ3) is 2.48. The topological polar surface area (TPSA) is 84.7 Å². The van der Waals surface area contributed by atoms with Crippen molar-refractivity contribution in [3.63, 3.8) is 0 Å². The Kier molecular flexibility index (Phi) is 4.13. The summed E-state index contributed by atoms with van der Waals surface area (Å²) in [6.07, 6.45) is 1.78. The maximum atomic E-state index is 13.5. The fourth-order valence-corrected chi connectivity index (χ4v) is 4.82. The average molecular weight is 403 g/mol. The molecule has 1 fully saturated rings. The first-order chi connectivity index (χ1) is 14.6. The number of hydrogen-bond acceptors (Lipinski definition) is 5. The number of fused-ring (bicyclic) bond motifs is 2. The molecule has 0 unspecified atom stereocenters. The predicted octanol–water partition coefficient (Wildman–Crippen LogP) is 3.47. The van der Waals surface area contributed by atoms with Gasteiger partial charge in [-0.05, 0) is 42.7 Å². The zero-order chi connectivity index (χ0) is 20.9. The summed E-state index contributed by atoms with van der Waals surface area (Å²) < 4.78 is 10.8. The number of methoxy groups -OCH3 is 1. The average Bonchev–Trinajstić information content (AvgIpc) is 3.45. The number of carbonyl (C=O) groups excluding carboxylic acids is 2. The summed E-state index contributed by atoms with van der Waals surface area (Å²) in [6, 6.07) is 14.7. The molecule has 1 saturated heterocycles. The van der Waals surface area contributed by atoms with Crippen LogP contribution < -0.4 is 10.1 Å². The lowest BCUT2D eigenvalue weighted by Crippen LogP contribution is -2.42. The van der Waals surface area contributed by atoms with Crippen molar-refractivity contribution < 1.29 is 18.7 Å². The maximum Gasteiger partial charge on any atom is 0.292 e. The summed E-state index contributed by atoms with van der Waals surface area (Å²) in [7, 11) is 1.60. The van der Waals surface area contributed by atoms with Crippen LogP contribution in [-0.2, 0) is 10.2 Å².